The highest BCUT2D eigenvalue weighted by atomic mass is 32.2. The number of thioether (sulfide) groups is 1. The summed E-state index contributed by atoms with van der Waals surface area (Å²) in [5.74, 6) is 1.48. The van der Waals surface area contributed by atoms with E-state index in [1.807, 2.05) is 11.8 Å². The van der Waals surface area contributed by atoms with Gasteiger partial charge in [-0.1, -0.05) is 13.8 Å². The summed E-state index contributed by atoms with van der Waals surface area (Å²) in [6.45, 7) is 4.43. The van der Waals surface area contributed by atoms with Crippen LogP contribution in [0.15, 0.2) is 0 Å². The van der Waals surface area contributed by atoms with Crippen LogP contribution in [0.25, 0.3) is 0 Å². The summed E-state index contributed by atoms with van der Waals surface area (Å²) in [6.07, 6.45) is 3.25. The molecule has 10 heavy (non-hydrogen) atoms. The van der Waals surface area contributed by atoms with Crippen LogP contribution in [-0.4, -0.2) is 16.8 Å². The van der Waals surface area contributed by atoms with Crippen molar-refractivity contribution in [1.82, 2.24) is 0 Å². The predicted octanol–water partition coefficient (Wildman–Crippen LogP) is 2.11. The number of carbonyl (C=O) groups is 1. The van der Waals surface area contributed by atoms with E-state index in [9.17, 15) is 4.79 Å². The normalized spacial score (nSPS) is 31.6. The Balaban J connectivity index is 2.47. The minimum Gasteiger partial charge on any atom is -0.303 e. The molecule has 0 radical (unpaired) electrons. The second-order valence-corrected chi connectivity index (χ2v) is 5.30. The quantitative estimate of drug-likeness (QED) is 0.544. The Labute approximate surface area is 66.6 Å². The maximum absolute atomic E-state index is 10.4. The lowest BCUT2D eigenvalue weighted by Crippen LogP contribution is -2.26. The van der Waals surface area contributed by atoms with Crippen molar-refractivity contribution in [1.29, 1.82) is 0 Å². The summed E-state index contributed by atoms with van der Waals surface area (Å²) < 4.78 is 0.337. The molecule has 1 heterocycles. The van der Waals surface area contributed by atoms with Gasteiger partial charge in [0.1, 0.15) is 6.29 Å². The van der Waals surface area contributed by atoms with Crippen molar-refractivity contribution in [2.24, 2.45) is 5.92 Å². The minimum atomic E-state index is 0.330. The third kappa shape index (κ3) is 2.01. The number of carbonyl (C=O) groups excluding carboxylic acids is 1. The Hall–Kier alpha value is 0.0200. The summed E-state index contributed by atoms with van der Waals surface area (Å²) >= 11 is 1.98. The first-order chi connectivity index (χ1) is 4.64. The molecule has 1 aliphatic heterocycles. The number of hydrogen-bond acceptors (Lipinski definition) is 2. The average Bonchev–Trinajstić information content (AvgIpc) is 1.86. The average molecular weight is 158 g/mol. The van der Waals surface area contributed by atoms with Gasteiger partial charge in [-0.2, -0.15) is 11.8 Å². The van der Waals surface area contributed by atoms with Crippen molar-refractivity contribution >= 4 is 18.0 Å². The van der Waals surface area contributed by atoms with E-state index in [0.29, 0.717) is 10.7 Å². The predicted molar refractivity (Wildman–Crippen MR) is 45.3 cm³/mol. The summed E-state index contributed by atoms with van der Waals surface area (Å²) in [7, 11) is 0. The van der Waals surface area contributed by atoms with Gasteiger partial charge in [-0.15, -0.1) is 0 Å². The number of aldehydes is 1. The molecule has 0 aromatic heterocycles. The monoisotopic (exact) mass is 158 g/mol. The standard InChI is InChI=1S/C8H14OS/c1-8(2)5-7(6-9)3-4-10-8/h6-7H,3-5H2,1-2H3. The zero-order valence-corrected chi connectivity index (χ0v) is 7.41. The molecule has 0 amide bonds. The fourth-order valence-electron chi connectivity index (χ4n) is 1.40. The number of rotatable bonds is 1. The SMILES string of the molecule is CC1(C)CC(C=O)CCS1. The molecule has 0 saturated carbocycles. The van der Waals surface area contributed by atoms with Crippen molar-refractivity contribution in [2.45, 2.75) is 31.4 Å². The number of hydrogen-bond donors (Lipinski definition) is 0. The van der Waals surface area contributed by atoms with Crippen LogP contribution in [0, 0.1) is 5.92 Å². The Kier molecular flexibility index (Phi) is 2.40. The maximum atomic E-state index is 10.4. The van der Waals surface area contributed by atoms with E-state index in [1.54, 1.807) is 0 Å². The van der Waals surface area contributed by atoms with E-state index in [2.05, 4.69) is 13.8 Å². The van der Waals surface area contributed by atoms with Crippen molar-refractivity contribution < 1.29 is 4.79 Å². The van der Waals surface area contributed by atoms with E-state index in [1.165, 1.54) is 0 Å². The Morgan fingerprint density at radius 1 is 1.60 bits per heavy atom. The molecule has 0 N–H and O–H groups in total. The molecule has 58 valence electrons. The van der Waals surface area contributed by atoms with Gasteiger partial charge < -0.3 is 4.79 Å². The van der Waals surface area contributed by atoms with Crippen LogP contribution in [-0.2, 0) is 4.79 Å². The van der Waals surface area contributed by atoms with Crippen LogP contribution in [0.5, 0.6) is 0 Å². The first-order valence-electron chi connectivity index (χ1n) is 3.73. The van der Waals surface area contributed by atoms with Gasteiger partial charge >= 0.3 is 0 Å². The summed E-state index contributed by atoms with van der Waals surface area (Å²) in [5, 5.41) is 0. The van der Waals surface area contributed by atoms with Gasteiger partial charge in [0.15, 0.2) is 0 Å². The zero-order chi connectivity index (χ0) is 7.61. The molecule has 1 unspecified atom stereocenters. The topological polar surface area (TPSA) is 17.1 Å². The molecule has 1 rings (SSSR count). The minimum absolute atomic E-state index is 0.330. The molecule has 1 saturated heterocycles. The van der Waals surface area contributed by atoms with Gasteiger partial charge in [-0.25, -0.2) is 0 Å². The van der Waals surface area contributed by atoms with Crippen molar-refractivity contribution in [3.8, 4) is 0 Å². The first-order valence-corrected chi connectivity index (χ1v) is 4.72. The molecule has 2 heteroatoms. The van der Waals surface area contributed by atoms with Gasteiger partial charge in [-0.3, -0.25) is 0 Å². The maximum Gasteiger partial charge on any atom is 0.123 e. The van der Waals surface area contributed by atoms with Crippen LogP contribution in [0.1, 0.15) is 26.7 Å². The molecule has 1 atom stereocenters. The molecule has 0 aromatic carbocycles. The van der Waals surface area contributed by atoms with Gasteiger partial charge in [0.25, 0.3) is 0 Å². The van der Waals surface area contributed by atoms with Gasteiger partial charge in [0.05, 0.1) is 0 Å². The first kappa shape index (κ1) is 8.12. The molecule has 1 fully saturated rings. The summed E-state index contributed by atoms with van der Waals surface area (Å²) in [5.41, 5.74) is 0. The molecular formula is C8H14OS. The molecule has 0 spiro atoms. The highest BCUT2D eigenvalue weighted by Gasteiger charge is 2.27. The van der Waals surface area contributed by atoms with E-state index in [-0.39, 0.29) is 0 Å². The van der Waals surface area contributed by atoms with Crippen LogP contribution < -0.4 is 0 Å². The van der Waals surface area contributed by atoms with E-state index >= 15 is 0 Å². The molecular weight excluding hydrogens is 144 g/mol. The molecule has 1 nitrogen and oxygen atoms in total. The largest absolute Gasteiger partial charge is 0.303 e. The van der Waals surface area contributed by atoms with Gasteiger partial charge in [-0.05, 0) is 18.6 Å². The van der Waals surface area contributed by atoms with E-state index in [4.69, 9.17) is 0 Å². The molecule has 0 bridgehead atoms. The smallest absolute Gasteiger partial charge is 0.123 e. The van der Waals surface area contributed by atoms with Crippen LogP contribution >= 0.6 is 11.8 Å². The van der Waals surface area contributed by atoms with Crippen LogP contribution in [0.2, 0.25) is 0 Å². The second-order valence-electron chi connectivity index (χ2n) is 3.50. The molecule has 0 aliphatic carbocycles. The Bertz CT molecular complexity index is 131. The van der Waals surface area contributed by atoms with E-state index in [0.717, 1.165) is 24.9 Å². The Morgan fingerprint density at radius 3 is 2.70 bits per heavy atom. The van der Waals surface area contributed by atoms with Crippen LogP contribution in [0.4, 0.5) is 0 Å². The van der Waals surface area contributed by atoms with Crippen molar-refractivity contribution in [3.63, 3.8) is 0 Å². The lowest BCUT2D eigenvalue weighted by atomic mass is 9.95. The molecule has 0 aromatic rings. The highest BCUT2D eigenvalue weighted by Crippen LogP contribution is 2.37. The van der Waals surface area contributed by atoms with Gasteiger partial charge in [0.2, 0.25) is 0 Å². The highest BCUT2D eigenvalue weighted by molar-refractivity contribution is 8.00. The summed E-state index contributed by atoms with van der Waals surface area (Å²) in [4.78, 5) is 10.4. The van der Waals surface area contributed by atoms with Crippen molar-refractivity contribution in [2.75, 3.05) is 5.75 Å². The fourth-order valence-corrected chi connectivity index (χ4v) is 2.70. The lowest BCUT2D eigenvalue weighted by Gasteiger charge is -2.31. The lowest BCUT2D eigenvalue weighted by molar-refractivity contribution is -0.111. The summed E-state index contributed by atoms with van der Waals surface area (Å²) in [6, 6.07) is 0. The third-order valence-electron chi connectivity index (χ3n) is 1.93. The third-order valence-corrected chi connectivity index (χ3v) is 3.32. The second kappa shape index (κ2) is 2.95. The van der Waals surface area contributed by atoms with E-state index < -0.39 is 0 Å². The zero-order valence-electron chi connectivity index (χ0n) is 6.59. The van der Waals surface area contributed by atoms with Crippen LogP contribution in [0.3, 0.4) is 0 Å². The fraction of sp³-hybridized carbons (Fsp3) is 0.875. The molecule has 1 aliphatic rings. The van der Waals surface area contributed by atoms with Gasteiger partial charge in [0, 0.05) is 10.7 Å². The van der Waals surface area contributed by atoms with Crippen molar-refractivity contribution in [3.05, 3.63) is 0 Å². The Morgan fingerprint density at radius 2 is 2.30 bits per heavy atom.